The van der Waals surface area contributed by atoms with E-state index < -0.39 is 48.3 Å². The highest BCUT2D eigenvalue weighted by Gasteiger charge is 2.27. The highest BCUT2D eigenvalue weighted by Crippen LogP contribution is 2.18. The second-order valence-corrected chi connectivity index (χ2v) is 15.0. The van der Waals surface area contributed by atoms with Gasteiger partial charge in [0.25, 0.3) is 0 Å². The van der Waals surface area contributed by atoms with Gasteiger partial charge in [0.2, 0.25) is 5.91 Å². The lowest BCUT2D eigenvalue weighted by molar-refractivity contribution is -0.155. The molecule has 0 spiro atoms. The van der Waals surface area contributed by atoms with Gasteiger partial charge in [-0.3, -0.25) is 24.0 Å². The Bertz CT molecular complexity index is 926. The number of rotatable bonds is 36. The summed E-state index contributed by atoms with van der Waals surface area (Å²) >= 11 is 1.32. The molecule has 0 saturated heterocycles. The van der Waals surface area contributed by atoms with Crippen LogP contribution < -0.4 is 5.32 Å². The maximum absolute atomic E-state index is 12.8. The van der Waals surface area contributed by atoms with Crippen LogP contribution in [0.5, 0.6) is 0 Å². The minimum Gasteiger partial charge on any atom is -0.469 e. The molecule has 11 heteroatoms. The summed E-state index contributed by atoms with van der Waals surface area (Å²) in [4.78, 5) is 61.7. The Balaban J connectivity index is -0.0000000178. The monoisotopic (exact) mass is 1350 g/mol. The summed E-state index contributed by atoms with van der Waals surface area (Å²) in [6.07, 6.45) is 24.2. The van der Waals surface area contributed by atoms with Crippen LogP contribution in [0.2, 0.25) is 0 Å². The highest BCUT2D eigenvalue weighted by molar-refractivity contribution is 7.99. The molecule has 602 valence electrons. The fourth-order valence-electron chi connectivity index (χ4n) is 5.96. The maximum Gasteiger partial charge on any atom is 0.311 e. The molecule has 10 nitrogen and oxygen atoms in total. The Morgan fingerprint density at radius 2 is 0.697 bits per heavy atom. The SMILES string of the molecule is C.C.C.C.C.C.C.C.C.C.C.C.C.C.C.C.C.C.C.C.C.C.C.C.C.C.C.C.C.C.C.C.C.C.C.C.C.C.CCCCCCCCCCCCCC(=O)O[C@H](CCCCCCCCCCC)CC(=O)OCCSC[C@H](NC(C)=O)C(=O)C[C@@H](CO)C(=O)OC. The number of unbranched alkanes of at least 4 members (excludes halogenated alkanes) is 18. The molecule has 0 unspecified atom stereocenters. The number of hydrogen-bond acceptors (Lipinski definition) is 10. The summed E-state index contributed by atoms with van der Waals surface area (Å²) in [5.74, 6) is -2.56. The molecule has 0 aromatic rings. The molecule has 0 aromatic heterocycles. The zero-order chi connectivity index (χ0) is 38.0. The molecular weight excluding hydrogens is 1130 g/mol. The third kappa shape index (κ3) is 180. The van der Waals surface area contributed by atoms with Crippen molar-refractivity contribution < 1.29 is 43.3 Å². The van der Waals surface area contributed by atoms with E-state index in [1.807, 2.05) is 0 Å². The number of thioether (sulfide) groups is 1. The smallest absolute Gasteiger partial charge is 0.311 e. The van der Waals surface area contributed by atoms with Gasteiger partial charge in [0.05, 0.1) is 32.1 Å². The molecule has 1 amide bonds. The van der Waals surface area contributed by atoms with E-state index in [0.29, 0.717) is 18.6 Å². The lowest BCUT2D eigenvalue weighted by Crippen LogP contribution is -2.43. The Morgan fingerprint density at radius 3 is 0.978 bits per heavy atom. The van der Waals surface area contributed by atoms with Crippen LogP contribution in [0, 0.1) is 5.92 Å². The van der Waals surface area contributed by atoms with E-state index in [1.54, 1.807) is 0 Å². The number of methoxy groups -OCH3 is 1. The van der Waals surface area contributed by atoms with Gasteiger partial charge >= 0.3 is 17.9 Å². The number of ether oxygens (including phenoxy) is 3. The summed E-state index contributed by atoms with van der Waals surface area (Å²) in [5, 5.41) is 12.0. The maximum atomic E-state index is 12.8. The number of carbonyl (C=O) groups excluding carboxylic acids is 5. The zero-order valence-corrected chi connectivity index (χ0v) is 33.5. The van der Waals surface area contributed by atoms with Crippen molar-refractivity contribution in [3.05, 3.63) is 0 Å². The minimum absolute atomic E-state index is 0. The minimum atomic E-state index is -0.998. The Labute approximate surface area is 594 Å². The summed E-state index contributed by atoms with van der Waals surface area (Å²) < 4.78 is 15.9. The molecule has 2 N–H and O–H groups in total. The standard InChI is InChI=1S/C40H73NO9S.38CH4/c1-5-7-9-11-13-15-16-18-20-22-24-26-38(45)50-35(25-23-21-19-17-14-12-10-8-6-2)30-39(46)49-27-28-51-32-36(41-33(3)43)37(44)29-34(31-42)40(47)48-4;;;;;;;;;;;;;;;;;;;;;;;;;;;;;;;;;;;;;;/h34-36,42H,5-32H2,1-4H3,(H,41,43);38*1H4/t34-,35+,36-;;;;;;;;;;;;;;;;;;;;;;;;;;;;;;;;;;;;;;/m0....................................../s1. The van der Waals surface area contributed by atoms with E-state index in [0.717, 1.165) is 38.5 Å². The molecule has 0 rings (SSSR count). The van der Waals surface area contributed by atoms with Gasteiger partial charge in [0.15, 0.2) is 5.78 Å². The zero-order valence-electron chi connectivity index (χ0n) is 32.7. The van der Waals surface area contributed by atoms with Crippen molar-refractivity contribution >= 4 is 41.4 Å². The molecule has 0 aromatic carbocycles. The van der Waals surface area contributed by atoms with Gasteiger partial charge in [-0.05, 0) is 19.3 Å². The number of aliphatic hydroxyl groups excluding tert-OH is 1. The molecule has 89 heavy (non-hydrogen) atoms. The van der Waals surface area contributed by atoms with Crippen LogP contribution in [-0.4, -0.2) is 78.7 Å². The van der Waals surface area contributed by atoms with E-state index in [1.165, 1.54) is 116 Å². The van der Waals surface area contributed by atoms with E-state index in [2.05, 4.69) is 23.9 Å². The first-order valence-corrected chi connectivity index (χ1v) is 21.2. The largest absolute Gasteiger partial charge is 0.469 e. The molecule has 0 aliphatic rings. The molecule has 0 heterocycles. The summed E-state index contributed by atoms with van der Waals surface area (Å²) in [6.45, 7) is 5.32. The fourth-order valence-corrected chi connectivity index (χ4v) is 6.83. The first-order chi connectivity index (χ1) is 24.7. The van der Waals surface area contributed by atoms with Crippen LogP contribution in [0.15, 0.2) is 0 Å². The number of Topliss-reactive ketones (excluding diaryl/α,β-unsaturated/α-hetero) is 1. The van der Waals surface area contributed by atoms with Crippen molar-refractivity contribution in [2.45, 2.75) is 469 Å². The van der Waals surface area contributed by atoms with Crippen molar-refractivity contribution in [3.63, 3.8) is 0 Å². The van der Waals surface area contributed by atoms with E-state index in [4.69, 9.17) is 9.47 Å². The molecular formula is C78H225NO9S. The Kier molecular flexibility index (Phi) is 645. The molecule has 0 aliphatic heterocycles. The predicted octanol–water partition coefficient (Wildman–Crippen LogP) is 32.6. The number of hydrogen-bond donors (Lipinski definition) is 2. The lowest BCUT2D eigenvalue weighted by Gasteiger charge is -2.19. The second kappa shape index (κ2) is 205. The van der Waals surface area contributed by atoms with E-state index >= 15 is 0 Å². The normalized spacial score (nSPS) is 7.38. The van der Waals surface area contributed by atoms with Gasteiger partial charge in [0, 0.05) is 31.3 Å². The summed E-state index contributed by atoms with van der Waals surface area (Å²) in [6, 6.07) is -0.859. The van der Waals surface area contributed by atoms with Gasteiger partial charge in [0.1, 0.15) is 12.7 Å². The number of esters is 3. The Hall–Kier alpha value is -2.14. The topological polar surface area (TPSA) is 145 Å². The van der Waals surface area contributed by atoms with Gasteiger partial charge in [-0.1, -0.05) is 412 Å². The molecule has 3 atom stereocenters. The Morgan fingerprint density at radius 1 is 0.404 bits per heavy atom. The van der Waals surface area contributed by atoms with E-state index in [9.17, 15) is 29.1 Å². The first kappa shape index (κ1) is 280. The number of aliphatic hydroxyl groups is 1. The highest BCUT2D eigenvalue weighted by atomic mass is 32.2. The third-order valence-electron chi connectivity index (χ3n) is 9.05. The van der Waals surface area contributed by atoms with Gasteiger partial charge < -0.3 is 24.6 Å². The van der Waals surface area contributed by atoms with Crippen LogP contribution in [0.3, 0.4) is 0 Å². The molecule has 0 radical (unpaired) electrons. The average Bonchev–Trinajstić information content (AvgIpc) is 3.10. The molecule has 0 aliphatic carbocycles. The van der Waals surface area contributed by atoms with Crippen LogP contribution in [0.1, 0.15) is 457 Å². The predicted molar refractivity (Wildman–Crippen MR) is 461 cm³/mol. The van der Waals surface area contributed by atoms with Gasteiger partial charge in [-0.2, -0.15) is 11.8 Å². The number of nitrogens with one attached hydrogen (secondary N) is 1. The van der Waals surface area contributed by atoms with Gasteiger partial charge in [-0.15, -0.1) is 0 Å². The quantitative estimate of drug-likeness (QED) is 0.0353. The number of amides is 1. The van der Waals surface area contributed by atoms with Crippen LogP contribution in [0.25, 0.3) is 0 Å². The molecule has 0 saturated carbocycles. The van der Waals surface area contributed by atoms with Crippen molar-refractivity contribution in [2.24, 2.45) is 5.92 Å². The second-order valence-electron chi connectivity index (χ2n) is 13.8. The van der Waals surface area contributed by atoms with Gasteiger partial charge in [-0.25, -0.2) is 0 Å². The molecule has 0 fully saturated rings. The van der Waals surface area contributed by atoms with Crippen molar-refractivity contribution in [1.29, 1.82) is 0 Å². The summed E-state index contributed by atoms with van der Waals surface area (Å²) in [7, 11) is 1.18. The third-order valence-corrected chi connectivity index (χ3v) is 10.1. The molecule has 0 bridgehead atoms. The van der Waals surface area contributed by atoms with Crippen LogP contribution >= 0.6 is 11.8 Å². The number of carbonyl (C=O) groups is 5. The summed E-state index contributed by atoms with van der Waals surface area (Å²) in [5.41, 5.74) is 0. The van der Waals surface area contributed by atoms with Crippen molar-refractivity contribution in [3.8, 4) is 0 Å². The fraction of sp³-hybridized carbons (Fsp3) is 0.936. The van der Waals surface area contributed by atoms with Crippen LogP contribution in [0.4, 0.5) is 0 Å². The van der Waals surface area contributed by atoms with Crippen LogP contribution in [-0.2, 0) is 38.2 Å². The average molecular weight is 1350 g/mol. The van der Waals surface area contributed by atoms with E-state index in [-0.39, 0.29) is 313 Å². The number of ketones is 1. The first-order valence-electron chi connectivity index (χ1n) is 20.1. The van der Waals surface area contributed by atoms with Crippen molar-refractivity contribution in [2.75, 3.05) is 31.8 Å². The van der Waals surface area contributed by atoms with Crippen molar-refractivity contribution in [1.82, 2.24) is 5.32 Å². The lowest BCUT2D eigenvalue weighted by atomic mass is 10.00.